The number of hydrogen-bond donors (Lipinski definition) is 1. The van der Waals surface area contributed by atoms with Gasteiger partial charge >= 0.3 is 5.97 Å². The average molecular weight is 351 g/mol. The van der Waals surface area contributed by atoms with Crippen LogP contribution in [-0.2, 0) is 14.3 Å². The Labute approximate surface area is 145 Å². The summed E-state index contributed by atoms with van der Waals surface area (Å²) in [7, 11) is 3.33. The van der Waals surface area contributed by atoms with Crippen molar-refractivity contribution in [1.29, 1.82) is 0 Å². The lowest BCUT2D eigenvalue weighted by molar-refractivity contribution is -0.384. The zero-order valence-electron chi connectivity index (χ0n) is 14.2. The quantitative estimate of drug-likeness (QED) is 0.445. The Morgan fingerprint density at radius 2 is 2.20 bits per heavy atom. The van der Waals surface area contributed by atoms with Crippen molar-refractivity contribution < 1.29 is 24.0 Å². The maximum Gasteiger partial charge on any atom is 0.338 e. The van der Waals surface area contributed by atoms with Crippen molar-refractivity contribution in [2.75, 3.05) is 38.8 Å². The Morgan fingerprint density at radius 1 is 1.44 bits per heavy atom. The molecule has 1 fully saturated rings. The second kappa shape index (κ2) is 8.43. The minimum absolute atomic E-state index is 0.000814. The molecule has 1 aliphatic rings. The van der Waals surface area contributed by atoms with E-state index in [4.69, 9.17) is 9.47 Å². The smallest absolute Gasteiger partial charge is 0.338 e. The van der Waals surface area contributed by atoms with Crippen LogP contribution in [0.3, 0.4) is 0 Å². The number of nitro benzene ring substituents is 1. The first-order valence-electron chi connectivity index (χ1n) is 7.89. The number of ether oxygens (including phenoxy) is 2. The predicted molar refractivity (Wildman–Crippen MR) is 89.7 cm³/mol. The van der Waals surface area contributed by atoms with Crippen LogP contribution in [0.25, 0.3) is 0 Å². The van der Waals surface area contributed by atoms with Crippen molar-refractivity contribution in [3.05, 3.63) is 33.9 Å². The second-order valence-corrected chi connectivity index (χ2v) is 5.87. The zero-order valence-corrected chi connectivity index (χ0v) is 14.2. The number of nitro groups is 1. The molecule has 1 aromatic rings. The summed E-state index contributed by atoms with van der Waals surface area (Å²) in [4.78, 5) is 35.8. The lowest BCUT2D eigenvalue weighted by Crippen LogP contribution is -2.34. The third kappa shape index (κ3) is 5.15. The van der Waals surface area contributed by atoms with Gasteiger partial charge in [0.15, 0.2) is 6.61 Å². The molecule has 0 aromatic heterocycles. The van der Waals surface area contributed by atoms with E-state index in [-0.39, 0.29) is 17.4 Å². The fourth-order valence-electron chi connectivity index (χ4n) is 2.47. The molecule has 0 aliphatic carbocycles. The lowest BCUT2D eigenvalue weighted by Gasteiger charge is -2.13. The number of carbonyl (C=O) groups is 2. The van der Waals surface area contributed by atoms with Gasteiger partial charge in [-0.1, -0.05) is 0 Å². The summed E-state index contributed by atoms with van der Waals surface area (Å²) in [6, 6.07) is 4.03. The molecule has 1 saturated heterocycles. The van der Waals surface area contributed by atoms with E-state index >= 15 is 0 Å². The summed E-state index contributed by atoms with van der Waals surface area (Å²) in [5.74, 6) is -1.23. The van der Waals surface area contributed by atoms with Gasteiger partial charge in [-0.05, 0) is 25.0 Å². The zero-order chi connectivity index (χ0) is 18.4. The predicted octanol–water partition coefficient (Wildman–Crippen LogP) is 1.11. The maximum absolute atomic E-state index is 12.0. The summed E-state index contributed by atoms with van der Waals surface area (Å²) in [6.45, 7) is 0.616. The van der Waals surface area contributed by atoms with Crippen LogP contribution in [0.5, 0.6) is 0 Å². The van der Waals surface area contributed by atoms with E-state index in [2.05, 4.69) is 5.32 Å². The van der Waals surface area contributed by atoms with Gasteiger partial charge in [0.25, 0.3) is 11.6 Å². The summed E-state index contributed by atoms with van der Waals surface area (Å²) in [5.41, 5.74) is 0.183. The lowest BCUT2D eigenvalue weighted by atomic mass is 10.1. The number of hydrogen-bond acceptors (Lipinski definition) is 7. The number of anilines is 1. The Balaban J connectivity index is 1.90. The van der Waals surface area contributed by atoms with Crippen LogP contribution in [0.15, 0.2) is 18.2 Å². The van der Waals surface area contributed by atoms with Gasteiger partial charge in [-0.3, -0.25) is 14.9 Å². The van der Waals surface area contributed by atoms with Gasteiger partial charge < -0.3 is 19.7 Å². The van der Waals surface area contributed by atoms with E-state index in [1.165, 1.54) is 12.1 Å². The Hall–Kier alpha value is -2.68. The van der Waals surface area contributed by atoms with Crippen LogP contribution in [0.4, 0.5) is 11.4 Å². The topological polar surface area (TPSA) is 111 Å². The highest BCUT2D eigenvalue weighted by Crippen LogP contribution is 2.27. The molecule has 25 heavy (non-hydrogen) atoms. The number of amides is 1. The molecule has 0 unspecified atom stereocenters. The SMILES string of the molecule is CN(C)c1ccc(C(=O)OCC(=O)NC[C@H]2CCCO2)cc1[N+](=O)[O-]. The molecule has 2 rings (SSSR count). The van der Waals surface area contributed by atoms with E-state index in [1.807, 2.05) is 0 Å². The summed E-state index contributed by atoms with van der Waals surface area (Å²) < 4.78 is 10.3. The van der Waals surface area contributed by atoms with Crippen LogP contribution in [0.1, 0.15) is 23.2 Å². The first-order valence-corrected chi connectivity index (χ1v) is 7.89. The molecule has 9 nitrogen and oxygen atoms in total. The molecule has 136 valence electrons. The van der Waals surface area contributed by atoms with E-state index in [9.17, 15) is 19.7 Å². The number of esters is 1. The molecular formula is C16H21N3O6. The minimum Gasteiger partial charge on any atom is -0.452 e. The molecule has 0 bridgehead atoms. The number of nitrogens with one attached hydrogen (secondary N) is 1. The van der Waals surface area contributed by atoms with E-state index in [0.29, 0.717) is 18.8 Å². The van der Waals surface area contributed by atoms with Crippen molar-refractivity contribution >= 4 is 23.3 Å². The first kappa shape index (κ1) is 18.7. The van der Waals surface area contributed by atoms with Gasteiger partial charge in [-0.2, -0.15) is 0 Å². The largest absolute Gasteiger partial charge is 0.452 e. The van der Waals surface area contributed by atoms with Crippen molar-refractivity contribution in [2.24, 2.45) is 0 Å². The minimum atomic E-state index is -0.791. The average Bonchev–Trinajstić information content (AvgIpc) is 3.10. The summed E-state index contributed by atoms with van der Waals surface area (Å²) in [6.07, 6.45) is 1.86. The first-order chi connectivity index (χ1) is 11.9. The number of rotatable bonds is 7. The number of nitrogens with zero attached hydrogens (tertiary/aromatic N) is 2. The molecule has 0 saturated carbocycles. The van der Waals surface area contributed by atoms with Crippen LogP contribution >= 0.6 is 0 Å². The second-order valence-electron chi connectivity index (χ2n) is 5.87. The highest BCUT2D eigenvalue weighted by atomic mass is 16.6. The summed E-state index contributed by atoms with van der Waals surface area (Å²) in [5, 5.41) is 13.8. The summed E-state index contributed by atoms with van der Waals surface area (Å²) >= 11 is 0. The van der Waals surface area contributed by atoms with Crippen LogP contribution in [-0.4, -0.2) is 56.8 Å². The van der Waals surface area contributed by atoms with E-state index in [0.717, 1.165) is 18.9 Å². The molecule has 0 radical (unpaired) electrons. The third-order valence-electron chi connectivity index (χ3n) is 3.77. The Bertz CT molecular complexity index is 655. The molecule has 1 amide bonds. The molecule has 1 heterocycles. The molecule has 1 aromatic carbocycles. The van der Waals surface area contributed by atoms with E-state index in [1.54, 1.807) is 19.0 Å². The fraction of sp³-hybridized carbons (Fsp3) is 0.500. The van der Waals surface area contributed by atoms with Gasteiger partial charge in [0, 0.05) is 33.3 Å². The molecule has 0 spiro atoms. The van der Waals surface area contributed by atoms with Crippen molar-refractivity contribution in [3.8, 4) is 0 Å². The van der Waals surface area contributed by atoms with E-state index < -0.39 is 23.4 Å². The highest BCUT2D eigenvalue weighted by Gasteiger charge is 2.20. The van der Waals surface area contributed by atoms with Gasteiger partial charge in [0.2, 0.25) is 0 Å². The van der Waals surface area contributed by atoms with Crippen LogP contribution in [0, 0.1) is 10.1 Å². The molecule has 1 atom stereocenters. The third-order valence-corrected chi connectivity index (χ3v) is 3.77. The van der Waals surface area contributed by atoms with Gasteiger partial charge in [0.1, 0.15) is 5.69 Å². The van der Waals surface area contributed by atoms with Crippen molar-refractivity contribution in [3.63, 3.8) is 0 Å². The van der Waals surface area contributed by atoms with Gasteiger partial charge in [-0.15, -0.1) is 0 Å². The molecule has 9 heteroatoms. The molecule has 1 N–H and O–H groups in total. The van der Waals surface area contributed by atoms with Crippen molar-refractivity contribution in [1.82, 2.24) is 5.32 Å². The monoisotopic (exact) mass is 351 g/mol. The Morgan fingerprint density at radius 3 is 2.80 bits per heavy atom. The van der Waals surface area contributed by atoms with Crippen molar-refractivity contribution in [2.45, 2.75) is 18.9 Å². The molecular weight excluding hydrogens is 330 g/mol. The molecule has 1 aliphatic heterocycles. The number of benzene rings is 1. The maximum atomic E-state index is 12.0. The highest BCUT2D eigenvalue weighted by molar-refractivity contribution is 5.93. The van der Waals surface area contributed by atoms with Gasteiger partial charge in [-0.25, -0.2) is 4.79 Å². The normalized spacial score (nSPS) is 16.3. The Kier molecular flexibility index (Phi) is 6.29. The van der Waals surface area contributed by atoms with Crippen LogP contribution in [0.2, 0.25) is 0 Å². The number of carbonyl (C=O) groups excluding carboxylic acids is 2. The van der Waals surface area contributed by atoms with Gasteiger partial charge in [0.05, 0.1) is 16.6 Å². The van der Waals surface area contributed by atoms with Crippen LogP contribution < -0.4 is 10.2 Å². The fourth-order valence-corrected chi connectivity index (χ4v) is 2.47. The standard InChI is InChI=1S/C16H21N3O6/c1-18(2)13-6-5-11(8-14(13)19(22)23)16(21)25-10-15(20)17-9-12-4-3-7-24-12/h5-6,8,12H,3-4,7,9-10H2,1-2H3,(H,17,20)/t12-/m1/s1.